The van der Waals surface area contributed by atoms with Crippen LogP contribution in [0.5, 0.6) is 0 Å². The van der Waals surface area contributed by atoms with Gasteiger partial charge in [-0.25, -0.2) is 4.68 Å². The van der Waals surface area contributed by atoms with E-state index < -0.39 is 0 Å². The molecule has 1 N–H and O–H groups in total. The van der Waals surface area contributed by atoms with Crippen molar-refractivity contribution in [1.82, 2.24) is 15.1 Å². The Hall–Kier alpha value is -1.32. The van der Waals surface area contributed by atoms with Crippen molar-refractivity contribution >= 4 is 11.6 Å². The van der Waals surface area contributed by atoms with Crippen molar-refractivity contribution in [3.05, 3.63) is 46.7 Å². The Morgan fingerprint density at radius 2 is 2.26 bits per heavy atom. The number of benzene rings is 1. The number of halogens is 1. The summed E-state index contributed by atoms with van der Waals surface area (Å²) in [5, 5.41) is 8.71. The maximum atomic E-state index is 6.08. The Labute approximate surface area is 118 Å². The van der Waals surface area contributed by atoms with Crippen molar-refractivity contribution in [2.75, 3.05) is 7.05 Å². The fourth-order valence-corrected chi connectivity index (χ4v) is 3.04. The van der Waals surface area contributed by atoms with Gasteiger partial charge in [0.15, 0.2) is 0 Å². The minimum absolute atomic E-state index is 0.422. The van der Waals surface area contributed by atoms with Crippen LogP contribution in [0.3, 0.4) is 0 Å². The number of nitrogens with one attached hydrogen (secondary N) is 1. The van der Waals surface area contributed by atoms with Gasteiger partial charge in [0.1, 0.15) is 0 Å². The van der Waals surface area contributed by atoms with E-state index in [2.05, 4.69) is 16.5 Å². The highest BCUT2D eigenvalue weighted by Gasteiger charge is 2.21. The van der Waals surface area contributed by atoms with Crippen LogP contribution < -0.4 is 5.32 Å². The summed E-state index contributed by atoms with van der Waals surface area (Å²) in [5.74, 6) is 0. The first-order chi connectivity index (χ1) is 9.29. The molecule has 1 aliphatic rings. The van der Waals surface area contributed by atoms with Crippen LogP contribution in [0.2, 0.25) is 5.02 Å². The molecule has 19 heavy (non-hydrogen) atoms. The van der Waals surface area contributed by atoms with Gasteiger partial charge in [0.2, 0.25) is 0 Å². The topological polar surface area (TPSA) is 29.9 Å². The molecule has 0 saturated carbocycles. The van der Waals surface area contributed by atoms with Gasteiger partial charge in [-0.05, 0) is 44.5 Å². The first kappa shape index (κ1) is 12.7. The third-order valence-corrected chi connectivity index (χ3v) is 4.07. The molecule has 0 fully saturated rings. The van der Waals surface area contributed by atoms with Gasteiger partial charge in [-0.2, -0.15) is 5.10 Å². The smallest absolute Gasteiger partial charge is 0.0663 e. The lowest BCUT2D eigenvalue weighted by molar-refractivity contribution is 0.533. The number of rotatable bonds is 2. The molecule has 0 spiro atoms. The lowest BCUT2D eigenvalue weighted by Gasteiger charge is -2.13. The lowest BCUT2D eigenvalue weighted by Crippen LogP contribution is -2.16. The molecule has 1 aliphatic carbocycles. The normalized spacial score (nSPS) is 18.9. The molecule has 2 aromatic rings. The summed E-state index contributed by atoms with van der Waals surface area (Å²) < 4.78 is 2.04. The zero-order valence-corrected chi connectivity index (χ0v) is 11.8. The number of nitrogens with zero attached hydrogens (tertiary/aromatic N) is 2. The highest BCUT2D eigenvalue weighted by Crippen LogP contribution is 2.30. The largest absolute Gasteiger partial charge is 0.313 e. The molecule has 100 valence electrons. The first-order valence-electron chi connectivity index (χ1n) is 6.79. The summed E-state index contributed by atoms with van der Waals surface area (Å²) in [4.78, 5) is 0. The van der Waals surface area contributed by atoms with E-state index in [9.17, 15) is 0 Å². The minimum atomic E-state index is 0.422. The predicted molar refractivity (Wildman–Crippen MR) is 77.9 cm³/mol. The van der Waals surface area contributed by atoms with Gasteiger partial charge in [0.25, 0.3) is 0 Å². The van der Waals surface area contributed by atoms with Crippen LogP contribution in [0.25, 0.3) is 5.69 Å². The van der Waals surface area contributed by atoms with E-state index in [0.29, 0.717) is 6.04 Å². The Morgan fingerprint density at radius 1 is 1.37 bits per heavy atom. The van der Waals surface area contributed by atoms with Crippen molar-refractivity contribution in [2.45, 2.75) is 31.7 Å². The van der Waals surface area contributed by atoms with E-state index in [1.807, 2.05) is 36.1 Å². The second kappa shape index (κ2) is 5.35. The van der Waals surface area contributed by atoms with Crippen LogP contribution in [0.15, 0.2) is 30.5 Å². The van der Waals surface area contributed by atoms with E-state index in [4.69, 9.17) is 11.6 Å². The monoisotopic (exact) mass is 275 g/mol. The van der Waals surface area contributed by atoms with Crippen LogP contribution in [-0.4, -0.2) is 16.8 Å². The highest BCUT2D eigenvalue weighted by atomic mass is 35.5. The number of fused-ring (bicyclic) bond motifs is 1. The summed E-state index contributed by atoms with van der Waals surface area (Å²) in [6, 6.07) is 8.30. The van der Waals surface area contributed by atoms with Crippen molar-refractivity contribution in [1.29, 1.82) is 0 Å². The van der Waals surface area contributed by atoms with Crippen LogP contribution in [-0.2, 0) is 6.42 Å². The average molecular weight is 276 g/mol. The highest BCUT2D eigenvalue weighted by molar-refractivity contribution is 6.30. The van der Waals surface area contributed by atoms with Crippen LogP contribution in [0.1, 0.15) is 36.6 Å². The summed E-state index contributed by atoms with van der Waals surface area (Å²) in [5.41, 5.74) is 3.70. The van der Waals surface area contributed by atoms with E-state index in [1.54, 1.807) is 0 Å². The van der Waals surface area contributed by atoms with Crippen LogP contribution in [0, 0.1) is 0 Å². The summed E-state index contributed by atoms with van der Waals surface area (Å²) in [6.07, 6.45) is 6.75. The summed E-state index contributed by atoms with van der Waals surface area (Å²) in [7, 11) is 2.02. The Kier molecular flexibility index (Phi) is 3.58. The number of hydrogen-bond acceptors (Lipinski definition) is 2. The maximum absolute atomic E-state index is 6.08. The van der Waals surface area contributed by atoms with E-state index in [1.165, 1.54) is 30.5 Å². The third kappa shape index (κ3) is 2.40. The average Bonchev–Trinajstić information content (AvgIpc) is 2.72. The zero-order valence-electron chi connectivity index (χ0n) is 11.1. The second-order valence-corrected chi connectivity index (χ2v) is 5.46. The van der Waals surface area contributed by atoms with Crippen molar-refractivity contribution in [3.63, 3.8) is 0 Å². The minimum Gasteiger partial charge on any atom is -0.313 e. The third-order valence-electron chi connectivity index (χ3n) is 3.83. The second-order valence-electron chi connectivity index (χ2n) is 5.03. The molecule has 1 aromatic carbocycles. The molecule has 0 amide bonds. The standard InChI is InChI=1S/C15H18ClN3/c1-17-14-7-2-3-8-15-13(14)10-18-19(15)12-6-4-5-11(16)9-12/h4-6,9-10,14,17H,2-3,7-8H2,1H3. The van der Waals surface area contributed by atoms with Gasteiger partial charge in [0.05, 0.1) is 11.9 Å². The van der Waals surface area contributed by atoms with Gasteiger partial charge in [-0.15, -0.1) is 0 Å². The van der Waals surface area contributed by atoms with Crippen molar-refractivity contribution in [2.24, 2.45) is 0 Å². The molecule has 1 aromatic heterocycles. The SMILES string of the molecule is CNC1CCCCc2c1cnn2-c1cccc(Cl)c1. The first-order valence-corrected chi connectivity index (χ1v) is 7.17. The Morgan fingerprint density at radius 3 is 3.05 bits per heavy atom. The molecule has 0 saturated heterocycles. The fourth-order valence-electron chi connectivity index (χ4n) is 2.85. The molecular weight excluding hydrogens is 258 g/mol. The van der Waals surface area contributed by atoms with E-state index in [-0.39, 0.29) is 0 Å². The van der Waals surface area contributed by atoms with Crippen LogP contribution in [0.4, 0.5) is 0 Å². The van der Waals surface area contributed by atoms with E-state index >= 15 is 0 Å². The predicted octanol–water partition coefficient (Wildman–Crippen LogP) is 3.51. The van der Waals surface area contributed by atoms with Crippen LogP contribution >= 0.6 is 11.6 Å². The lowest BCUT2D eigenvalue weighted by atomic mass is 10.1. The molecule has 1 atom stereocenters. The van der Waals surface area contributed by atoms with Gasteiger partial charge in [0, 0.05) is 22.3 Å². The summed E-state index contributed by atoms with van der Waals surface area (Å²) >= 11 is 6.08. The molecule has 4 heteroatoms. The fraction of sp³-hybridized carbons (Fsp3) is 0.400. The molecule has 1 heterocycles. The molecule has 1 unspecified atom stereocenters. The van der Waals surface area contributed by atoms with Crippen molar-refractivity contribution < 1.29 is 0 Å². The molecular formula is C15H18ClN3. The molecule has 0 radical (unpaired) electrons. The van der Waals surface area contributed by atoms with Gasteiger partial charge in [-0.3, -0.25) is 0 Å². The van der Waals surface area contributed by atoms with Gasteiger partial charge in [-0.1, -0.05) is 24.1 Å². The number of hydrogen-bond donors (Lipinski definition) is 1. The molecule has 3 rings (SSSR count). The number of aromatic nitrogens is 2. The van der Waals surface area contributed by atoms with Gasteiger partial charge < -0.3 is 5.32 Å². The summed E-state index contributed by atoms with van der Waals surface area (Å²) in [6.45, 7) is 0. The molecule has 0 bridgehead atoms. The van der Waals surface area contributed by atoms with E-state index in [0.717, 1.165) is 17.1 Å². The Balaban J connectivity index is 2.07. The Bertz CT molecular complexity index is 577. The molecule has 3 nitrogen and oxygen atoms in total. The maximum Gasteiger partial charge on any atom is 0.0663 e. The molecule has 0 aliphatic heterocycles. The van der Waals surface area contributed by atoms with Crippen molar-refractivity contribution in [3.8, 4) is 5.69 Å². The quantitative estimate of drug-likeness (QED) is 0.850. The zero-order chi connectivity index (χ0) is 13.2. The van der Waals surface area contributed by atoms with Gasteiger partial charge >= 0.3 is 0 Å².